The average Bonchev–Trinajstić information content (AvgIpc) is 2.46. The molecular weight excluding hydrogens is 190 g/mol. The maximum Gasteiger partial charge on any atom is 0.416 e. The van der Waals surface area contributed by atoms with Gasteiger partial charge in [0, 0.05) is 16.6 Å². The average molecular weight is 196 g/mol. The van der Waals surface area contributed by atoms with Crippen LogP contribution in [0.15, 0.2) is 30.5 Å². The zero-order chi connectivity index (χ0) is 9.42. The second-order valence-electron chi connectivity index (χ2n) is 2.67. The summed E-state index contributed by atoms with van der Waals surface area (Å²) in [6, 6.07) is 6.89. The minimum absolute atomic E-state index is 0.536. The third-order valence-electron chi connectivity index (χ3n) is 1.86. The fourth-order valence-electron chi connectivity index (χ4n) is 1.27. The number of rotatable bonds is 0. The number of hydrogen-bond donors (Lipinski definition) is 1. The molecule has 0 aliphatic carbocycles. The second-order valence-corrected chi connectivity index (χ2v) is 3.11. The molecule has 0 atom stereocenters. The zero-order valence-electron chi connectivity index (χ0n) is 6.57. The van der Waals surface area contributed by atoms with Gasteiger partial charge in [0.1, 0.15) is 0 Å². The van der Waals surface area contributed by atoms with E-state index in [1.165, 1.54) is 6.20 Å². The smallest absolute Gasteiger partial charge is 0.416 e. The lowest BCUT2D eigenvalue weighted by atomic mass is 10.2. The van der Waals surface area contributed by atoms with Gasteiger partial charge in [-0.2, -0.15) is 0 Å². The monoisotopic (exact) mass is 195 g/mol. The summed E-state index contributed by atoms with van der Waals surface area (Å²) in [5.41, 5.74) is 0.611. The largest absolute Gasteiger partial charge is 0.464 e. The summed E-state index contributed by atoms with van der Waals surface area (Å²) >= 11 is 5.75. The van der Waals surface area contributed by atoms with Crippen LogP contribution in [0.3, 0.4) is 0 Å². The first kappa shape index (κ1) is 8.13. The van der Waals surface area contributed by atoms with Crippen LogP contribution in [0, 0.1) is 0 Å². The van der Waals surface area contributed by atoms with Crippen molar-refractivity contribution in [3.63, 3.8) is 0 Å². The van der Waals surface area contributed by atoms with Crippen molar-refractivity contribution in [2.24, 2.45) is 0 Å². The Labute approximate surface area is 79.2 Å². The Balaban J connectivity index is 2.79. The number of hydrogen-bond acceptors (Lipinski definition) is 1. The number of halogens is 1. The van der Waals surface area contributed by atoms with E-state index in [1.54, 1.807) is 24.3 Å². The molecule has 66 valence electrons. The van der Waals surface area contributed by atoms with Gasteiger partial charge in [0.25, 0.3) is 0 Å². The first-order valence-corrected chi connectivity index (χ1v) is 4.06. The van der Waals surface area contributed by atoms with Crippen LogP contribution in [0.2, 0.25) is 5.02 Å². The van der Waals surface area contributed by atoms with E-state index in [2.05, 4.69) is 0 Å². The highest BCUT2D eigenvalue weighted by Gasteiger charge is 2.06. The highest BCUT2D eigenvalue weighted by Crippen LogP contribution is 2.20. The van der Waals surface area contributed by atoms with Crippen molar-refractivity contribution in [1.29, 1.82) is 0 Å². The van der Waals surface area contributed by atoms with E-state index in [4.69, 9.17) is 16.7 Å². The summed E-state index contributed by atoms with van der Waals surface area (Å²) in [5, 5.41) is 10.2. The molecule has 1 heterocycles. The van der Waals surface area contributed by atoms with Gasteiger partial charge in [-0.15, -0.1) is 0 Å². The highest BCUT2D eigenvalue weighted by atomic mass is 35.5. The van der Waals surface area contributed by atoms with E-state index in [1.807, 2.05) is 0 Å². The summed E-state index contributed by atoms with van der Waals surface area (Å²) in [7, 11) is 0. The third-order valence-corrected chi connectivity index (χ3v) is 2.10. The van der Waals surface area contributed by atoms with Crippen LogP contribution in [0.1, 0.15) is 0 Å². The van der Waals surface area contributed by atoms with Crippen LogP contribution in [-0.4, -0.2) is 15.8 Å². The van der Waals surface area contributed by atoms with Gasteiger partial charge in [-0.25, -0.2) is 4.79 Å². The molecule has 0 radical (unpaired) electrons. The van der Waals surface area contributed by atoms with Crippen LogP contribution in [-0.2, 0) is 0 Å². The molecule has 13 heavy (non-hydrogen) atoms. The first-order valence-electron chi connectivity index (χ1n) is 3.68. The number of benzene rings is 1. The molecule has 0 aliphatic heterocycles. The lowest BCUT2D eigenvalue weighted by molar-refractivity contribution is 0.197. The SMILES string of the molecule is O=C(O)n1ccc2ccc(Cl)cc21. The highest BCUT2D eigenvalue weighted by molar-refractivity contribution is 6.31. The Kier molecular flexibility index (Phi) is 1.74. The maximum absolute atomic E-state index is 10.7. The van der Waals surface area contributed by atoms with Gasteiger partial charge in [-0.05, 0) is 18.2 Å². The third kappa shape index (κ3) is 1.27. The fourth-order valence-corrected chi connectivity index (χ4v) is 1.43. The van der Waals surface area contributed by atoms with Crippen molar-refractivity contribution >= 4 is 28.6 Å². The van der Waals surface area contributed by atoms with Crippen LogP contribution in [0.4, 0.5) is 4.79 Å². The molecule has 0 bridgehead atoms. The van der Waals surface area contributed by atoms with Crippen molar-refractivity contribution < 1.29 is 9.90 Å². The molecule has 2 aromatic rings. The van der Waals surface area contributed by atoms with Crippen molar-refractivity contribution in [2.75, 3.05) is 0 Å². The lowest BCUT2D eigenvalue weighted by Gasteiger charge is -1.97. The predicted octanol–water partition coefficient (Wildman–Crippen LogP) is 2.82. The summed E-state index contributed by atoms with van der Waals surface area (Å²) in [5.74, 6) is 0. The van der Waals surface area contributed by atoms with Gasteiger partial charge in [0.2, 0.25) is 0 Å². The Morgan fingerprint density at radius 2 is 2.15 bits per heavy atom. The van der Waals surface area contributed by atoms with Crippen molar-refractivity contribution in [1.82, 2.24) is 4.57 Å². The molecule has 1 N–H and O–H groups in total. The first-order chi connectivity index (χ1) is 6.18. The van der Waals surface area contributed by atoms with E-state index in [0.29, 0.717) is 10.5 Å². The van der Waals surface area contributed by atoms with E-state index in [0.717, 1.165) is 9.95 Å². The van der Waals surface area contributed by atoms with Gasteiger partial charge in [0.05, 0.1) is 5.52 Å². The normalized spacial score (nSPS) is 10.5. The van der Waals surface area contributed by atoms with Gasteiger partial charge < -0.3 is 5.11 Å². The molecule has 1 aromatic heterocycles. The Hall–Kier alpha value is -1.48. The second kappa shape index (κ2) is 2.78. The van der Waals surface area contributed by atoms with Crippen molar-refractivity contribution in [3.05, 3.63) is 35.5 Å². The molecule has 0 aliphatic rings. The number of aromatic nitrogens is 1. The van der Waals surface area contributed by atoms with E-state index < -0.39 is 6.09 Å². The van der Waals surface area contributed by atoms with E-state index >= 15 is 0 Å². The molecule has 3 nitrogen and oxygen atoms in total. The quantitative estimate of drug-likeness (QED) is 0.703. The van der Waals surface area contributed by atoms with Gasteiger partial charge >= 0.3 is 6.09 Å². The van der Waals surface area contributed by atoms with Gasteiger partial charge in [-0.3, -0.25) is 4.57 Å². The number of carboxylic acid groups (broad SMARTS) is 1. The standard InChI is InChI=1S/C9H6ClNO2/c10-7-2-1-6-3-4-11(9(12)13)8(6)5-7/h1-5H,(H,12,13). The fraction of sp³-hybridized carbons (Fsp3) is 0. The Morgan fingerprint density at radius 1 is 1.38 bits per heavy atom. The number of nitrogens with zero attached hydrogens (tertiary/aromatic N) is 1. The van der Waals surface area contributed by atoms with Crippen LogP contribution < -0.4 is 0 Å². The van der Waals surface area contributed by atoms with Crippen LogP contribution in [0.5, 0.6) is 0 Å². The van der Waals surface area contributed by atoms with E-state index in [9.17, 15) is 4.79 Å². The zero-order valence-corrected chi connectivity index (χ0v) is 7.32. The maximum atomic E-state index is 10.7. The molecular formula is C9H6ClNO2. The van der Waals surface area contributed by atoms with Gasteiger partial charge in [0.15, 0.2) is 0 Å². The number of fused-ring (bicyclic) bond motifs is 1. The predicted molar refractivity (Wildman–Crippen MR) is 50.4 cm³/mol. The topological polar surface area (TPSA) is 42.2 Å². The van der Waals surface area contributed by atoms with Crippen LogP contribution in [0.25, 0.3) is 10.9 Å². The molecule has 4 heteroatoms. The molecule has 2 rings (SSSR count). The number of carbonyl (C=O) groups is 1. The Morgan fingerprint density at radius 3 is 2.85 bits per heavy atom. The van der Waals surface area contributed by atoms with E-state index in [-0.39, 0.29) is 0 Å². The summed E-state index contributed by atoms with van der Waals surface area (Å²) < 4.78 is 1.14. The lowest BCUT2D eigenvalue weighted by Crippen LogP contribution is -2.05. The molecule has 0 unspecified atom stereocenters. The summed E-state index contributed by atoms with van der Waals surface area (Å²) in [6.07, 6.45) is 0.501. The molecule has 0 amide bonds. The molecule has 0 spiro atoms. The van der Waals surface area contributed by atoms with Crippen molar-refractivity contribution in [3.8, 4) is 0 Å². The minimum Gasteiger partial charge on any atom is -0.464 e. The molecule has 1 aromatic carbocycles. The summed E-state index contributed by atoms with van der Waals surface area (Å²) in [4.78, 5) is 10.7. The molecule has 0 saturated carbocycles. The Bertz CT molecular complexity index is 475. The molecule has 0 saturated heterocycles. The molecule has 0 fully saturated rings. The minimum atomic E-state index is -1.00. The van der Waals surface area contributed by atoms with Crippen LogP contribution >= 0.6 is 11.6 Å². The van der Waals surface area contributed by atoms with Crippen molar-refractivity contribution in [2.45, 2.75) is 0 Å². The summed E-state index contributed by atoms with van der Waals surface area (Å²) in [6.45, 7) is 0. The van der Waals surface area contributed by atoms with Gasteiger partial charge in [-0.1, -0.05) is 17.7 Å².